The summed E-state index contributed by atoms with van der Waals surface area (Å²) < 4.78 is 10.6. The summed E-state index contributed by atoms with van der Waals surface area (Å²) in [6, 6.07) is 8.53. The molecule has 1 saturated heterocycles. The van der Waals surface area contributed by atoms with Crippen LogP contribution in [-0.4, -0.2) is 83.3 Å². The average Bonchev–Trinajstić information content (AvgIpc) is 2.96. The fourth-order valence-corrected chi connectivity index (χ4v) is 5.05. The largest absolute Gasteiger partial charge is 0.495 e. The summed E-state index contributed by atoms with van der Waals surface area (Å²) in [7, 11) is 5.12. The van der Waals surface area contributed by atoms with Gasteiger partial charge in [-0.05, 0) is 24.7 Å². The van der Waals surface area contributed by atoms with Crippen molar-refractivity contribution in [1.82, 2.24) is 24.8 Å². The lowest BCUT2D eigenvalue weighted by molar-refractivity contribution is 0.0699. The van der Waals surface area contributed by atoms with Crippen molar-refractivity contribution in [2.75, 3.05) is 53.2 Å². The van der Waals surface area contributed by atoms with E-state index >= 15 is 0 Å². The third-order valence-electron chi connectivity index (χ3n) is 6.55. The number of aromatic carboxylic acids is 1. The Morgan fingerprint density at radius 2 is 1.57 bits per heavy atom. The number of carboxylic acids is 1. The van der Waals surface area contributed by atoms with Crippen molar-refractivity contribution in [1.29, 1.82) is 0 Å². The lowest BCUT2D eigenvalue weighted by atomic mass is 10.00. The number of hydrogen-bond donors (Lipinski definition) is 2. The molecule has 0 amide bonds. The molecule has 5 rings (SSSR count). The van der Waals surface area contributed by atoms with Gasteiger partial charge in [0, 0.05) is 68.5 Å². The number of rotatable bonds is 6. The van der Waals surface area contributed by atoms with Crippen LogP contribution in [0.1, 0.15) is 15.9 Å². The van der Waals surface area contributed by atoms with Gasteiger partial charge in [0.25, 0.3) is 0 Å². The molecule has 0 aliphatic carbocycles. The number of methoxy groups -OCH3 is 2. The summed E-state index contributed by atoms with van der Waals surface area (Å²) in [6.07, 6.45) is 4.76. The SMILES string of the molecule is CN1CCN(Cc2ccc(N)nc2)CC1.COc1cc(OC)c(Cl)c(-c2ccc(C(=O)O)c3nccnc23)c1Cl. The minimum atomic E-state index is -1.10. The van der Waals surface area contributed by atoms with E-state index in [2.05, 4.69) is 37.9 Å². The van der Waals surface area contributed by atoms with E-state index in [0.29, 0.717) is 34.0 Å². The molecule has 210 valence electrons. The molecule has 1 fully saturated rings. The number of nitrogens with two attached hydrogens (primary N) is 1. The van der Waals surface area contributed by atoms with Crippen LogP contribution in [0.15, 0.2) is 48.9 Å². The highest BCUT2D eigenvalue weighted by Crippen LogP contribution is 2.47. The van der Waals surface area contributed by atoms with E-state index in [1.165, 1.54) is 38.2 Å². The Bertz CT molecular complexity index is 1470. The number of carbonyl (C=O) groups is 1. The third-order valence-corrected chi connectivity index (χ3v) is 7.30. The van der Waals surface area contributed by atoms with Crippen molar-refractivity contribution in [3.8, 4) is 22.6 Å². The van der Waals surface area contributed by atoms with Crippen LogP contribution in [0.4, 0.5) is 5.82 Å². The molecule has 2 aromatic carbocycles. The predicted molar refractivity (Wildman–Crippen MR) is 156 cm³/mol. The molecule has 0 atom stereocenters. The van der Waals surface area contributed by atoms with Crippen LogP contribution in [0.25, 0.3) is 22.2 Å². The Kier molecular flexibility index (Phi) is 9.59. The summed E-state index contributed by atoms with van der Waals surface area (Å²) in [4.78, 5) is 28.8. The number of ether oxygens (including phenoxy) is 2. The Balaban J connectivity index is 0.000000210. The van der Waals surface area contributed by atoms with Gasteiger partial charge in [-0.1, -0.05) is 35.3 Å². The predicted octanol–water partition coefficient (Wildman–Crippen LogP) is 4.73. The molecule has 12 heteroatoms. The maximum Gasteiger partial charge on any atom is 0.337 e. The number of nitrogens with zero attached hydrogens (tertiary/aromatic N) is 5. The van der Waals surface area contributed by atoms with E-state index < -0.39 is 5.97 Å². The molecule has 0 spiro atoms. The molecule has 3 heterocycles. The van der Waals surface area contributed by atoms with E-state index in [9.17, 15) is 9.90 Å². The summed E-state index contributed by atoms with van der Waals surface area (Å²) in [5, 5.41) is 9.89. The molecule has 2 aromatic heterocycles. The molecule has 4 aromatic rings. The number of aromatic nitrogens is 3. The number of halogens is 2. The van der Waals surface area contributed by atoms with Crippen LogP contribution >= 0.6 is 23.2 Å². The van der Waals surface area contributed by atoms with Crippen molar-refractivity contribution < 1.29 is 19.4 Å². The van der Waals surface area contributed by atoms with Crippen molar-refractivity contribution >= 4 is 46.0 Å². The van der Waals surface area contributed by atoms with Crippen LogP contribution in [-0.2, 0) is 6.54 Å². The van der Waals surface area contributed by atoms with Gasteiger partial charge >= 0.3 is 5.97 Å². The van der Waals surface area contributed by atoms with Gasteiger partial charge in [-0.3, -0.25) is 14.9 Å². The molecule has 0 radical (unpaired) electrons. The second-order valence-electron chi connectivity index (χ2n) is 9.17. The first-order chi connectivity index (χ1) is 19.2. The topological polar surface area (TPSA) is 127 Å². The van der Waals surface area contributed by atoms with Crippen molar-refractivity contribution in [3.05, 3.63) is 70.1 Å². The third kappa shape index (κ3) is 6.53. The van der Waals surface area contributed by atoms with E-state index in [0.717, 1.165) is 32.7 Å². The summed E-state index contributed by atoms with van der Waals surface area (Å²) >= 11 is 12.9. The van der Waals surface area contributed by atoms with Gasteiger partial charge < -0.3 is 25.2 Å². The zero-order chi connectivity index (χ0) is 28.8. The molecular formula is C28H30Cl2N6O4. The van der Waals surface area contributed by atoms with Gasteiger partial charge in [0.2, 0.25) is 0 Å². The Morgan fingerprint density at radius 1 is 0.950 bits per heavy atom. The number of anilines is 1. The average molecular weight is 585 g/mol. The highest BCUT2D eigenvalue weighted by molar-refractivity contribution is 6.41. The number of piperazine rings is 1. The number of fused-ring (bicyclic) bond motifs is 1. The maximum atomic E-state index is 11.4. The highest BCUT2D eigenvalue weighted by atomic mass is 35.5. The van der Waals surface area contributed by atoms with Crippen LogP contribution in [0, 0.1) is 0 Å². The smallest absolute Gasteiger partial charge is 0.337 e. The first-order valence-corrected chi connectivity index (χ1v) is 13.2. The van der Waals surface area contributed by atoms with Crippen molar-refractivity contribution in [2.45, 2.75) is 6.54 Å². The van der Waals surface area contributed by atoms with E-state index in [1.54, 1.807) is 12.1 Å². The van der Waals surface area contributed by atoms with E-state index in [1.807, 2.05) is 12.3 Å². The van der Waals surface area contributed by atoms with Gasteiger partial charge in [-0.25, -0.2) is 9.78 Å². The summed E-state index contributed by atoms with van der Waals surface area (Å²) in [6.45, 7) is 5.58. The number of carboxylic acid groups (broad SMARTS) is 1. The van der Waals surface area contributed by atoms with Gasteiger partial charge in [-0.2, -0.15) is 0 Å². The van der Waals surface area contributed by atoms with Crippen LogP contribution in [0.2, 0.25) is 10.0 Å². The van der Waals surface area contributed by atoms with Gasteiger partial charge in [-0.15, -0.1) is 0 Å². The standard InChI is InChI=1S/C17H12Cl2N2O4.C11H18N4/c1-24-10-7-11(25-2)14(19)12(13(10)18)8-3-4-9(17(22)23)16-15(8)20-5-6-21-16;1-14-4-6-15(7-5-14)9-10-2-3-11(12)13-8-10/h3-7H,1-2H3,(H,22,23);2-3,8H,4-7,9H2,1H3,(H2,12,13). The number of hydrogen-bond acceptors (Lipinski definition) is 9. The fourth-order valence-electron chi connectivity index (χ4n) is 4.35. The van der Waals surface area contributed by atoms with Crippen LogP contribution < -0.4 is 15.2 Å². The van der Waals surface area contributed by atoms with E-state index in [4.69, 9.17) is 38.4 Å². The number of nitrogen functional groups attached to an aromatic ring is 1. The van der Waals surface area contributed by atoms with Crippen molar-refractivity contribution in [2.24, 2.45) is 0 Å². The highest BCUT2D eigenvalue weighted by Gasteiger charge is 2.23. The molecular weight excluding hydrogens is 555 g/mol. The number of benzene rings is 2. The first kappa shape index (κ1) is 29.3. The molecule has 3 N–H and O–H groups in total. The number of likely N-dealkylation sites (N-methyl/N-ethyl adjacent to an activating group) is 1. The second kappa shape index (κ2) is 13.1. The number of pyridine rings is 1. The maximum absolute atomic E-state index is 11.4. The molecule has 1 aliphatic rings. The molecule has 40 heavy (non-hydrogen) atoms. The van der Waals surface area contributed by atoms with Gasteiger partial charge in [0.05, 0.1) is 35.3 Å². The Labute approximate surface area is 242 Å². The monoisotopic (exact) mass is 584 g/mol. The quantitative estimate of drug-likeness (QED) is 0.328. The lowest BCUT2D eigenvalue weighted by Gasteiger charge is -2.32. The summed E-state index contributed by atoms with van der Waals surface area (Å²) in [5.41, 5.74) is 8.39. The Hall–Kier alpha value is -3.70. The lowest BCUT2D eigenvalue weighted by Crippen LogP contribution is -2.43. The molecule has 1 aliphatic heterocycles. The minimum absolute atomic E-state index is 0.0361. The molecule has 0 bridgehead atoms. The zero-order valence-electron chi connectivity index (χ0n) is 22.4. The van der Waals surface area contributed by atoms with E-state index in [-0.39, 0.29) is 21.1 Å². The fraction of sp³-hybridized carbons (Fsp3) is 0.286. The van der Waals surface area contributed by atoms with Gasteiger partial charge in [0.1, 0.15) is 22.8 Å². The minimum Gasteiger partial charge on any atom is -0.495 e. The summed E-state index contributed by atoms with van der Waals surface area (Å²) in [5.74, 6) is 0.240. The molecule has 0 unspecified atom stereocenters. The zero-order valence-corrected chi connectivity index (χ0v) is 23.9. The van der Waals surface area contributed by atoms with Crippen LogP contribution in [0.3, 0.4) is 0 Å². The first-order valence-electron chi connectivity index (χ1n) is 12.4. The van der Waals surface area contributed by atoms with Crippen molar-refractivity contribution in [3.63, 3.8) is 0 Å². The van der Waals surface area contributed by atoms with Crippen LogP contribution in [0.5, 0.6) is 11.5 Å². The Morgan fingerprint density at radius 3 is 2.12 bits per heavy atom. The van der Waals surface area contributed by atoms with Gasteiger partial charge in [0.15, 0.2) is 0 Å². The molecule has 10 nitrogen and oxygen atoms in total. The normalized spacial score (nSPS) is 13.9. The molecule has 0 saturated carbocycles. The second-order valence-corrected chi connectivity index (χ2v) is 9.93.